The summed E-state index contributed by atoms with van der Waals surface area (Å²) in [4.78, 5) is 19.5. The Bertz CT molecular complexity index is 600. The van der Waals surface area contributed by atoms with Gasteiger partial charge < -0.3 is 19.9 Å². The van der Waals surface area contributed by atoms with E-state index in [0.717, 1.165) is 63.6 Å². The molecule has 1 aromatic rings. The third kappa shape index (κ3) is 4.25. The van der Waals surface area contributed by atoms with Gasteiger partial charge in [-0.05, 0) is 44.9 Å². The molecule has 1 saturated carbocycles. The highest BCUT2D eigenvalue weighted by atomic mass is 32.1. The lowest BCUT2D eigenvalue weighted by molar-refractivity contribution is 0.0931. The lowest BCUT2D eigenvalue weighted by Gasteiger charge is -2.34. The van der Waals surface area contributed by atoms with Gasteiger partial charge in [-0.1, -0.05) is 0 Å². The van der Waals surface area contributed by atoms with Crippen LogP contribution in [0.1, 0.15) is 46.3 Å². The zero-order valence-corrected chi connectivity index (χ0v) is 15.9. The number of carbonyl (C=O) groups is 1. The molecular formula is C19H29N3O2S. The molecular weight excluding hydrogens is 334 g/mol. The van der Waals surface area contributed by atoms with Crippen molar-refractivity contribution in [3.8, 4) is 0 Å². The van der Waals surface area contributed by atoms with Gasteiger partial charge in [0.2, 0.25) is 0 Å². The SMILES string of the molecule is CN1CCN(CC2(CNC(=O)c3ccc([C@@H]4CCCO4)s3)CC2)CC1. The third-order valence-electron chi connectivity index (χ3n) is 5.83. The third-order valence-corrected chi connectivity index (χ3v) is 7.01. The minimum Gasteiger partial charge on any atom is -0.373 e. The highest BCUT2D eigenvalue weighted by molar-refractivity contribution is 7.14. The molecule has 3 aliphatic rings. The molecule has 0 bridgehead atoms. The average Bonchev–Trinajstić information content (AvgIpc) is 3.05. The van der Waals surface area contributed by atoms with Crippen LogP contribution in [0.5, 0.6) is 0 Å². The van der Waals surface area contributed by atoms with Gasteiger partial charge in [0.15, 0.2) is 0 Å². The van der Waals surface area contributed by atoms with E-state index in [9.17, 15) is 4.79 Å². The van der Waals surface area contributed by atoms with Gasteiger partial charge in [0.25, 0.3) is 5.91 Å². The molecule has 138 valence electrons. The Labute approximate surface area is 154 Å². The van der Waals surface area contributed by atoms with Crippen LogP contribution in [0, 0.1) is 5.41 Å². The maximum Gasteiger partial charge on any atom is 0.261 e. The number of amides is 1. The number of hydrogen-bond donors (Lipinski definition) is 1. The monoisotopic (exact) mass is 363 g/mol. The molecule has 0 radical (unpaired) electrons. The van der Waals surface area contributed by atoms with Crippen LogP contribution >= 0.6 is 11.3 Å². The van der Waals surface area contributed by atoms with Crippen molar-refractivity contribution in [2.75, 3.05) is 52.9 Å². The number of carbonyl (C=O) groups excluding carboxylic acids is 1. The first-order chi connectivity index (χ1) is 12.1. The lowest BCUT2D eigenvalue weighted by atomic mass is 10.1. The number of nitrogens with one attached hydrogen (secondary N) is 1. The van der Waals surface area contributed by atoms with Crippen molar-refractivity contribution in [2.24, 2.45) is 5.41 Å². The first-order valence-electron chi connectivity index (χ1n) is 9.54. The van der Waals surface area contributed by atoms with Gasteiger partial charge in [-0.2, -0.15) is 0 Å². The molecule has 4 rings (SSSR count). The van der Waals surface area contributed by atoms with Crippen molar-refractivity contribution in [2.45, 2.75) is 31.8 Å². The minimum absolute atomic E-state index is 0.0823. The van der Waals surface area contributed by atoms with Gasteiger partial charge in [0.1, 0.15) is 0 Å². The average molecular weight is 364 g/mol. The predicted molar refractivity (Wildman–Crippen MR) is 100 cm³/mol. The molecule has 0 unspecified atom stereocenters. The van der Waals surface area contributed by atoms with E-state index >= 15 is 0 Å². The zero-order chi connectivity index (χ0) is 17.3. The molecule has 1 N–H and O–H groups in total. The van der Waals surface area contributed by atoms with Crippen LogP contribution in [-0.4, -0.2) is 68.6 Å². The molecule has 0 aromatic carbocycles. The first-order valence-corrected chi connectivity index (χ1v) is 10.4. The Hall–Kier alpha value is -0.950. The second-order valence-electron chi connectivity index (χ2n) is 7.97. The molecule has 3 heterocycles. The number of nitrogens with zero attached hydrogens (tertiary/aromatic N) is 2. The van der Waals surface area contributed by atoms with Gasteiger partial charge in [0, 0.05) is 56.2 Å². The van der Waals surface area contributed by atoms with E-state index in [1.54, 1.807) is 11.3 Å². The molecule has 5 nitrogen and oxygen atoms in total. The molecule has 1 amide bonds. The van der Waals surface area contributed by atoms with Crippen LogP contribution in [0.2, 0.25) is 0 Å². The molecule has 25 heavy (non-hydrogen) atoms. The highest BCUT2D eigenvalue weighted by Crippen LogP contribution is 2.45. The second-order valence-corrected chi connectivity index (χ2v) is 9.08. The van der Waals surface area contributed by atoms with Crippen LogP contribution in [0.3, 0.4) is 0 Å². The molecule has 1 aromatic heterocycles. The van der Waals surface area contributed by atoms with Gasteiger partial charge in [-0.15, -0.1) is 11.3 Å². The van der Waals surface area contributed by atoms with E-state index < -0.39 is 0 Å². The largest absolute Gasteiger partial charge is 0.373 e. The number of piperazine rings is 1. The number of ether oxygens (including phenoxy) is 1. The smallest absolute Gasteiger partial charge is 0.261 e. The first kappa shape index (κ1) is 17.5. The van der Waals surface area contributed by atoms with Crippen LogP contribution in [0.25, 0.3) is 0 Å². The lowest BCUT2D eigenvalue weighted by Crippen LogP contribution is -2.47. The fourth-order valence-corrected chi connectivity index (χ4v) is 4.86. The van der Waals surface area contributed by atoms with Crippen LogP contribution in [0.15, 0.2) is 12.1 Å². The molecule has 1 aliphatic carbocycles. The zero-order valence-electron chi connectivity index (χ0n) is 15.1. The van der Waals surface area contributed by atoms with E-state index in [1.165, 1.54) is 17.7 Å². The maximum atomic E-state index is 12.5. The summed E-state index contributed by atoms with van der Waals surface area (Å²) in [7, 11) is 2.19. The Balaban J connectivity index is 1.27. The molecule has 6 heteroatoms. The summed E-state index contributed by atoms with van der Waals surface area (Å²) in [6.07, 6.45) is 4.89. The summed E-state index contributed by atoms with van der Waals surface area (Å²) in [5.41, 5.74) is 0.320. The molecule has 0 spiro atoms. The fraction of sp³-hybridized carbons (Fsp3) is 0.737. The van der Waals surface area contributed by atoms with E-state index in [0.29, 0.717) is 5.41 Å². The second kappa shape index (κ2) is 7.35. The summed E-state index contributed by atoms with van der Waals surface area (Å²) < 4.78 is 5.72. The number of hydrogen-bond acceptors (Lipinski definition) is 5. The Morgan fingerprint density at radius 1 is 1.32 bits per heavy atom. The summed E-state index contributed by atoms with van der Waals surface area (Å²) in [5.74, 6) is 0.0823. The van der Waals surface area contributed by atoms with Crippen molar-refractivity contribution in [1.29, 1.82) is 0 Å². The minimum atomic E-state index is 0.0823. The summed E-state index contributed by atoms with van der Waals surface area (Å²) >= 11 is 1.59. The van der Waals surface area contributed by atoms with Crippen LogP contribution in [0.4, 0.5) is 0 Å². The van der Waals surface area contributed by atoms with Gasteiger partial charge in [-0.3, -0.25) is 4.79 Å². The maximum absolute atomic E-state index is 12.5. The van der Waals surface area contributed by atoms with Crippen molar-refractivity contribution < 1.29 is 9.53 Å². The number of likely N-dealkylation sites (N-methyl/N-ethyl adjacent to an activating group) is 1. The molecule has 2 saturated heterocycles. The van der Waals surface area contributed by atoms with Crippen molar-refractivity contribution in [1.82, 2.24) is 15.1 Å². The van der Waals surface area contributed by atoms with Crippen molar-refractivity contribution in [3.63, 3.8) is 0 Å². The normalized spacial score (nSPS) is 26.7. The summed E-state index contributed by atoms with van der Waals surface area (Å²) in [6, 6.07) is 4.02. The van der Waals surface area contributed by atoms with E-state index in [1.807, 2.05) is 6.07 Å². The quantitative estimate of drug-likeness (QED) is 0.843. The molecule has 3 fully saturated rings. The summed E-state index contributed by atoms with van der Waals surface area (Å²) in [6.45, 7) is 7.41. The predicted octanol–water partition coefficient (Wildman–Crippen LogP) is 2.36. The number of thiophene rings is 1. The van der Waals surface area contributed by atoms with Gasteiger partial charge in [-0.25, -0.2) is 0 Å². The van der Waals surface area contributed by atoms with Crippen molar-refractivity contribution in [3.05, 3.63) is 21.9 Å². The van der Waals surface area contributed by atoms with Crippen molar-refractivity contribution >= 4 is 17.2 Å². The van der Waals surface area contributed by atoms with Gasteiger partial charge in [0.05, 0.1) is 11.0 Å². The summed E-state index contributed by atoms with van der Waals surface area (Å²) in [5, 5.41) is 3.20. The Morgan fingerprint density at radius 2 is 2.12 bits per heavy atom. The molecule has 2 aliphatic heterocycles. The van der Waals surface area contributed by atoms with E-state index in [4.69, 9.17) is 4.74 Å². The topological polar surface area (TPSA) is 44.8 Å². The fourth-order valence-electron chi connectivity index (χ4n) is 3.85. The number of rotatable bonds is 6. The van der Waals surface area contributed by atoms with Gasteiger partial charge >= 0.3 is 0 Å². The molecule has 1 atom stereocenters. The standard InChI is InChI=1S/C19H29N3O2S/c1-21-8-10-22(11-9-21)14-19(6-7-19)13-20-18(23)17-5-4-16(25-17)15-3-2-12-24-15/h4-5,15H,2-3,6-14H2,1H3,(H,20,23)/t15-/m0/s1. The van der Waals surface area contributed by atoms with Crippen LogP contribution in [-0.2, 0) is 4.74 Å². The van der Waals surface area contributed by atoms with E-state index in [-0.39, 0.29) is 12.0 Å². The highest BCUT2D eigenvalue weighted by Gasteiger charge is 2.44. The van der Waals surface area contributed by atoms with E-state index in [2.05, 4.69) is 28.2 Å². The Kier molecular flexibility index (Phi) is 5.13. The van der Waals surface area contributed by atoms with Crippen LogP contribution < -0.4 is 5.32 Å². The Morgan fingerprint density at radius 3 is 2.80 bits per heavy atom.